The average Bonchev–Trinajstić information content (AvgIpc) is 2.13. The van der Waals surface area contributed by atoms with Crippen molar-refractivity contribution in [3.8, 4) is 0 Å². The summed E-state index contributed by atoms with van der Waals surface area (Å²) in [6.07, 6.45) is 0. The Morgan fingerprint density at radius 1 is 1.19 bits per heavy atom. The zero-order valence-corrected chi connectivity index (χ0v) is 12.5. The number of benzene rings is 1. The van der Waals surface area contributed by atoms with Gasteiger partial charge in [-0.2, -0.15) is 0 Å². The van der Waals surface area contributed by atoms with E-state index in [0.29, 0.717) is 12.7 Å². The second-order valence-electron chi connectivity index (χ2n) is 3.09. The normalized spacial score (nSPS) is 10.2. The Hall–Kier alpha value is -0.580. The first-order valence-corrected chi connectivity index (χ1v) is 6.24. The largest absolute Gasteiger partial charge is 0.478 e. The molecule has 0 atom stereocenters. The number of rotatable bonds is 2. The van der Waals surface area contributed by atoms with Crippen LogP contribution in [0.2, 0.25) is 0 Å². The van der Waals surface area contributed by atoms with Crippen molar-refractivity contribution in [3.05, 3.63) is 23.8 Å². The number of carbonyl (C=O) groups is 2. The average molecular weight is 446 g/mol. The number of nitrogen functional groups attached to an aromatic ring is 1. The number of halogens is 2. The fraction of sp³-hybridized carbons (Fsp3) is 0.111. The third kappa shape index (κ3) is 2.10. The highest BCUT2D eigenvalue weighted by Crippen LogP contribution is 2.32. The summed E-state index contributed by atoms with van der Waals surface area (Å²) in [5.74, 6) is -1.79. The third-order valence-corrected chi connectivity index (χ3v) is 4.36. The van der Waals surface area contributed by atoms with Gasteiger partial charge in [0.25, 0.3) is 0 Å². The SMILES string of the molecule is Cc1c(C(N)=O)c(I)c(N)c(I)c1C(=O)O. The van der Waals surface area contributed by atoms with Gasteiger partial charge in [0.2, 0.25) is 5.91 Å². The van der Waals surface area contributed by atoms with Gasteiger partial charge in [0.1, 0.15) is 0 Å². The van der Waals surface area contributed by atoms with Crippen molar-refractivity contribution >= 4 is 62.7 Å². The van der Waals surface area contributed by atoms with Crippen LogP contribution in [0.5, 0.6) is 0 Å². The Morgan fingerprint density at radius 2 is 1.62 bits per heavy atom. The number of carbonyl (C=O) groups excluding carboxylic acids is 1. The molecule has 16 heavy (non-hydrogen) atoms. The molecule has 0 saturated heterocycles. The van der Waals surface area contributed by atoms with E-state index in [1.165, 1.54) is 0 Å². The zero-order chi connectivity index (χ0) is 12.6. The molecular weight excluding hydrogens is 438 g/mol. The summed E-state index contributed by atoms with van der Waals surface area (Å²) < 4.78 is 0.925. The van der Waals surface area contributed by atoms with Crippen LogP contribution in [-0.4, -0.2) is 17.0 Å². The summed E-state index contributed by atoms with van der Waals surface area (Å²) in [6.45, 7) is 1.55. The van der Waals surface area contributed by atoms with Crippen molar-refractivity contribution in [1.29, 1.82) is 0 Å². The molecule has 0 aliphatic heterocycles. The fourth-order valence-electron chi connectivity index (χ4n) is 1.37. The number of hydrogen-bond donors (Lipinski definition) is 3. The van der Waals surface area contributed by atoms with Gasteiger partial charge < -0.3 is 16.6 Å². The number of nitrogens with two attached hydrogens (primary N) is 2. The van der Waals surface area contributed by atoms with Crippen LogP contribution >= 0.6 is 45.2 Å². The van der Waals surface area contributed by atoms with Crippen LogP contribution < -0.4 is 11.5 Å². The summed E-state index contributed by atoms with van der Waals surface area (Å²) in [5, 5.41) is 9.05. The maximum absolute atomic E-state index is 11.2. The molecule has 0 bridgehead atoms. The Labute approximate surface area is 119 Å². The maximum atomic E-state index is 11.2. The van der Waals surface area contributed by atoms with Crippen molar-refractivity contribution in [2.45, 2.75) is 6.92 Å². The van der Waals surface area contributed by atoms with Gasteiger partial charge in [0, 0.05) is 0 Å². The highest BCUT2D eigenvalue weighted by atomic mass is 127. The Balaban J connectivity index is 3.80. The topological polar surface area (TPSA) is 106 Å². The van der Waals surface area contributed by atoms with Gasteiger partial charge in [-0.3, -0.25) is 4.79 Å². The van der Waals surface area contributed by atoms with Gasteiger partial charge in [-0.05, 0) is 57.7 Å². The molecule has 0 fully saturated rings. The van der Waals surface area contributed by atoms with Gasteiger partial charge in [-0.15, -0.1) is 0 Å². The lowest BCUT2D eigenvalue weighted by molar-refractivity contribution is 0.0695. The van der Waals surface area contributed by atoms with E-state index in [-0.39, 0.29) is 16.8 Å². The summed E-state index contributed by atoms with van der Waals surface area (Å²) in [5.41, 5.74) is 11.8. The highest BCUT2D eigenvalue weighted by Gasteiger charge is 2.23. The van der Waals surface area contributed by atoms with Crippen molar-refractivity contribution in [2.24, 2.45) is 5.73 Å². The van der Waals surface area contributed by atoms with Crippen LogP contribution in [0.15, 0.2) is 0 Å². The minimum atomic E-state index is -1.12. The second kappa shape index (κ2) is 4.73. The van der Waals surface area contributed by atoms with Gasteiger partial charge >= 0.3 is 5.97 Å². The minimum Gasteiger partial charge on any atom is -0.478 e. The third-order valence-electron chi connectivity index (χ3n) is 2.12. The smallest absolute Gasteiger partial charge is 0.337 e. The van der Waals surface area contributed by atoms with Gasteiger partial charge in [0.05, 0.1) is 24.0 Å². The number of carboxylic acid groups (broad SMARTS) is 1. The molecule has 1 aromatic rings. The standard InChI is InChI=1S/C9H8I2N2O3/c1-2-3(8(13)14)5(10)7(12)6(11)4(2)9(15)16/h12H2,1H3,(H2,13,14)(H,15,16). The first kappa shape index (κ1) is 13.5. The molecule has 5 N–H and O–H groups in total. The van der Waals surface area contributed by atoms with E-state index < -0.39 is 11.9 Å². The van der Waals surface area contributed by atoms with Crippen LogP contribution in [0.25, 0.3) is 0 Å². The van der Waals surface area contributed by atoms with Crippen LogP contribution in [0.1, 0.15) is 26.3 Å². The van der Waals surface area contributed by atoms with Gasteiger partial charge in [0.15, 0.2) is 0 Å². The summed E-state index contributed by atoms with van der Waals surface area (Å²) in [7, 11) is 0. The van der Waals surface area contributed by atoms with Gasteiger partial charge in [-0.1, -0.05) is 0 Å². The lowest BCUT2D eigenvalue weighted by Gasteiger charge is -2.13. The molecule has 1 amide bonds. The van der Waals surface area contributed by atoms with Crippen molar-refractivity contribution < 1.29 is 14.7 Å². The van der Waals surface area contributed by atoms with Crippen LogP contribution in [0.3, 0.4) is 0 Å². The fourth-order valence-corrected chi connectivity index (χ4v) is 3.73. The molecule has 1 rings (SSSR count). The Bertz CT molecular complexity index is 459. The molecule has 0 unspecified atom stereocenters. The van der Waals surface area contributed by atoms with Crippen LogP contribution in [-0.2, 0) is 0 Å². The molecule has 7 heteroatoms. The molecule has 0 spiro atoms. The van der Waals surface area contributed by atoms with Crippen LogP contribution in [0.4, 0.5) is 5.69 Å². The van der Waals surface area contributed by atoms with E-state index in [2.05, 4.69) is 0 Å². The Kier molecular flexibility index (Phi) is 3.99. The molecule has 1 aromatic carbocycles. The molecule has 5 nitrogen and oxygen atoms in total. The number of hydrogen-bond acceptors (Lipinski definition) is 3. The summed E-state index contributed by atoms with van der Waals surface area (Å²) >= 11 is 3.74. The number of amides is 1. The molecule has 0 saturated carbocycles. The number of carboxylic acids is 1. The number of primary amides is 1. The molecule has 0 aliphatic carbocycles. The maximum Gasteiger partial charge on any atom is 0.337 e. The Morgan fingerprint density at radius 3 is 2.00 bits per heavy atom. The van der Waals surface area contributed by atoms with Crippen LogP contribution in [0, 0.1) is 14.1 Å². The molecule has 0 heterocycles. The number of anilines is 1. The predicted octanol–water partition coefficient (Wildman–Crippen LogP) is 1.58. The molecule has 86 valence electrons. The van der Waals surface area contributed by atoms with Crippen molar-refractivity contribution in [3.63, 3.8) is 0 Å². The quantitative estimate of drug-likeness (QED) is 0.474. The van der Waals surface area contributed by atoms with E-state index in [0.717, 1.165) is 0 Å². The monoisotopic (exact) mass is 446 g/mol. The number of aromatic carboxylic acids is 1. The van der Waals surface area contributed by atoms with E-state index in [1.54, 1.807) is 6.92 Å². The predicted molar refractivity (Wildman–Crippen MR) is 76.5 cm³/mol. The molecule has 0 aliphatic rings. The highest BCUT2D eigenvalue weighted by molar-refractivity contribution is 14.1. The zero-order valence-electron chi connectivity index (χ0n) is 8.17. The van der Waals surface area contributed by atoms with Crippen molar-refractivity contribution in [1.82, 2.24) is 0 Å². The van der Waals surface area contributed by atoms with E-state index in [9.17, 15) is 9.59 Å². The first-order chi connectivity index (χ1) is 7.29. The van der Waals surface area contributed by atoms with Crippen molar-refractivity contribution in [2.75, 3.05) is 5.73 Å². The summed E-state index contributed by atoms with van der Waals surface area (Å²) in [6, 6.07) is 0. The lowest BCUT2D eigenvalue weighted by Crippen LogP contribution is -2.19. The molecule has 0 aromatic heterocycles. The summed E-state index contributed by atoms with van der Waals surface area (Å²) in [4.78, 5) is 22.3. The first-order valence-electron chi connectivity index (χ1n) is 4.09. The molecular formula is C9H8I2N2O3. The van der Waals surface area contributed by atoms with E-state index in [4.69, 9.17) is 16.6 Å². The van der Waals surface area contributed by atoms with E-state index >= 15 is 0 Å². The van der Waals surface area contributed by atoms with E-state index in [1.807, 2.05) is 45.2 Å². The molecule has 0 radical (unpaired) electrons. The second-order valence-corrected chi connectivity index (χ2v) is 5.24. The van der Waals surface area contributed by atoms with Gasteiger partial charge in [-0.25, -0.2) is 4.79 Å². The lowest BCUT2D eigenvalue weighted by atomic mass is 10.0. The minimum absolute atomic E-state index is 0.0346.